The molecule has 0 spiro atoms. The fraction of sp³-hybridized carbons (Fsp3) is 0.500. The number of aromatic nitrogens is 2. The monoisotopic (exact) mass is 343 g/mol. The van der Waals surface area contributed by atoms with Crippen LogP contribution in [0.3, 0.4) is 0 Å². The van der Waals surface area contributed by atoms with Gasteiger partial charge in [0.05, 0.1) is 17.0 Å². The molecule has 3 N–H and O–H groups in total. The van der Waals surface area contributed by atoms with Gasteiger partial charge in [-0.3, -0.25) is 9.59 Å². The van der Waals surface area contributed by atoms with E-state index in [4.69, 9.17) is 5.73 Å². The Balaban J connectivity index is 1.68. The van der Waals surface area contributed by atoms with Crippen LogP contribution >= 0.6 is 0 Å². The third-order valence-electron chi connectivity index (χ3n) is 4.73. The van der Waals surface area contributed by atoms with Gasteiger partial charge in [0.2, 0.25) is 11.8 Å². The lowest BCUT2D eigenvalue weighted by atomic mass is 9.97. The number of nitrogens with one attached hydrogen (secondary N) is 1. The molecule has 1 fully saturated rings. The van der Waals surface area contributed by atoms with E-state index in [9.17, 15) is 9.59 Å². The molecule has 1 atom stereocenters. The van der Waals surface area contributed by atoms with Crippen molar-refractivity contribution in [2.24, 2.45) is 11.7 Å². The van der Waals surface area contributed by atoms with Crippen LogP contribution in [-0.2, 0) is 16.1 Å². The second-order valence-electron chi connectivity index (χ2n) is 6.49. The van der Waals surface area contributed by atoms with Crippen molar-refractivity contribution in [1.82, 2.24) is 19.8 Å². The topological polar surface area (TPSA) is 93.2 Å². The number of nitrogens with zero attached hydrogens (tertiary/aromatic N) is 3. The van der Waals surface area contributed by atoms with Crippen LogP contribution in [0.1, 0.15) is 18.7 Å². The first kappa shape index (κ1) is 17.4. The van der Waals surface area contributed by atoms with Gasteiger partial charge in [0, 0.05) is 26.2 Å². The molecule has 1 saturated heterocycles. The van der Waals surface area contributed by atoms with Crippen LogP contribution in [-0.4, -0.2) is 52.4 Å². The molecule has 1 aromatic heterocycles. The maximum absolute atomic E-state index is 12.8. The van der Waals surface area contributed by atoms with Gasteiger partial charge in [-0.05, 0) is 31.9 Å². The van der Waals surface area contributed by atoms with E-state index >= 15 is 0 Å². The van der Waals surface area contributed by atoms with Crippen LogP contribution in [0.2, 0.25) is 0 Å². The van der Waals surface area contributed by atoms with Gasteiger partial charge in [-0.2, -0.15) is 0 Å². The molecule has 1 aliphatic rings. The standard InChI is InChI=1S/C18H25N5O2/c1-13-21-15-6-2-3-7-16(15)23(13)12-17(24)22-10-4-5-14(11-22)18(25)20-9-8-19/h2-3,6-7,14H,4-5,8-12,19H2,1H3,(H,20,25). The normalized spacial score (nSPS) is 17.7. The maximum atomic E-state index is 12.8. The fourth-order valence-electron chi connectivity index (χ4n) is 3.39. The number of imidazole rings is 1. The molecule has 1 aliphatic heterocycles. The summed E-state index contributed by atoms with van der Waals surface area (Å²) in [7, 11) is 0. The van der Waals surface area contributed by atoms with Crippen molar-refractivity contribution < 1.29 is 9.59 Å². The van der Waals surface area contributed by atoms with E-state index in [2.05, 4.69) is 10.3 Å². The number of carbonyl (C=O) groups is 2. The first-order valence-corrected chi connectivity index (χ1v) is 8.77. The van der Waals surface area contributed by atoms with E-state index in [0.717, 1.165) is 29.7 Å². The first-order chi connectivity index (χ1) is 12.1. The number of fused-ring (bicyclic) bond motifs is 1. The number of benzene rings is 1. The second kappa shape index (κ2) is 7.65. The van der Waals surface area contributed by atoms with Crippen molar-refractivity contribution in [3.63, 3.8) is 0 Å². The van der Waals surface area contributed by atoms with Gasteiger partial charge in [0.15, 0.2) is 0 Å². The van der Waals surface area contributed by atoms with Crippen LogP contribution in [0.4, 0.5) is 0 Å². The highest BCUT2D eigenvalue weighted by Crippen LogP contribution is 2.19. The van der Waals surface area contributed by atoms with Gasteiger partial charge >= 0.3 is 0 Å². The minimum absolute atomic E-state index is 0.00721. The van der Waals surface area contributed by atoms with Gasteiger partial charge in [-0.15, -0.1) is 0 Å². The number of para-hydroxylation sites is 2. The largest absolute Gasteiger partial charge is 0.355 e. The van der Waals surface area contributed by atoms with E-state index < -0.39 is 0 Å². The molecule has 7 nitrogen and oxygen atoms in total. The highest BCUT2D eigenvalue weighted by molar-refractivity contribution is 5.83. The Morgan fingerprint density at radius 2 is 2.16 bits per heavy atom. The van der Waals surface area contributed by atoms with Gasteiger partial charge < -0.3 is 20.5 Å². The molecule has 25 heavy (non-hydrogen) atoms. The Kier molecular flexibility index (Phi) is 5.33. The number of nitrogens with two attached hydrogens (primary N) is 1. The van der Waals surface area contributed by atoms with Crippen molar-refractivity contribution >= 4 is 22.8 Å². The van der Waals surface area contributed by atoms with Gasteiger partial charge in [0.25, 0.3) is 0 Å². The van der Waals surface area contributed by atoms with E-state index in [1.165, 1.54) is 0 Å². The van der Waals surface area contributed by atoms with E-state index in [-0.39, 0.29) is 24.3 Å². The zero-order valence-electron chi connectivity index (χ0n) is 14.6. The molecule has 1 aromatic carbocycles. The quantitative estimate of drug-likeness (QED) is 0.834. The summed E-state index contributed by atoms with van der Waals surface area (Å²) in [5.74, 6) is 0.698. The summed E-state index contributed by atoms with van der Waals surface area (Å²) in [6.07, 6.45) is 1.66. The number of carbonyl (C=O) groups excluding carboxylic acids is 2. The smallest absolute Gasteiger partial charge is 0.242 e. The Hall–Kier alpha value is -2.41. The van der Waals surface area contributed by atoms with Crippen molar-refractivity contribution in [3.8, 4) is 0 Å². The summed E-state index contributed by atoms with van der Waals surface area (Å²) in [5.41, 5.74) is 7.28. The lowest BCUT2D eigenvalue weighted by molar-refractivity contribution is -0.136. The molecule has 0 saturated carbocycles. The van der Waals surface area contributed by atoms with E-state index in [1.807, 2.05) is 35.8 Å². The van der Waals surface area contributed by atoms with Gasteiger partial charge in [-0.25, -0.2) is 4.98 Å². The fourth-order valence-corrected chi connectivity index (χ4v) is 3.39. The zero-order valence-corrected chi connectivity index (χ0v) is 14.6. The predicted octanol–water partition coefficient (Wildman–Crippen LogP) is 0.658. The zero-order chi connectivity index (χ0) is 17.8. The number of amides is 2. The Bertz CT molecular complexity index is 770. The molecule has 2 amide bonds. The first-order valence-electron chi connectivity index (χ1n) is 8.77. The van der Waals surface area contributed by atoms with Crippen LogP contribution in [0.5, 0.6) is 0 Å². The number of rotatable bonds is 5. The Labute approximate surface area is 147 Å². The third kappa shape index (κ3) is 3.82. The minimum Gasteiger partial charge on any atom is -0.355 e. The van der Waals surface area contributed by atoms with Crippen molar-refractivity contribution in [1.29, 1.82) is 0 Å². The summed E-state index contributed by atoms with van der Waals surface area (Å²) in [4.78, 5) is 31.2. The molecular formula is C18H25N5O2. The lowest BCUT2D eigenvalue weighted by Crippen LogP contribution is -2.47. The molecule has 134 valence electrons. The van der Waals surface area contributed by atoms with Crippen molar-refractivity contribution in [2.75, 3.05) is 26.2 Å². The summed E-state index contributed by atoms with van der Waals surface area (Å²) in [6, 6.07) is 7.81. The van der Waals surface area contributed by atoms with Gasteiger partial charge in [0.1, 0.15) is 12.4 Å². The van der Waals surface area contributed by atoms with Gasteiger partial charge in [-0.1, -0.05) is 12.1 Å². The van der Waals surface area contributed by atoms with Crippen molar-refractivity contribution in [2.45, 2.75) is 26.3 Å². The number of aryl methyl sites for hydroxylation is 1. The molecule has 0 radical (unpaired) electrons. The van der Waals surface area contributed by atoms with Crippen LogP contribution in [0.25, 0.3) is 11.0 Å². The number of likely N-dealkylation sites (tertiary alicyclic amines) is 1. The molecule has 3 rings (SSSR count). The Morgan fingerprint density at radius 1 is 1.36 bits per heavy atom. The van der Waals surface area contributed by atoms with Crippen molar-refractivity contribution in [3.05, 3.63) is 30.1 Å². The number of hydrogen-bond donors (Lipinski definition) is 2. The summed E-state index contributed by atoms with van der Waals surface area (Å²) in [5, 5.41) is 2.82. The molecule has 0 bridgehead atoms. The van der Waals surface area contributed by atoms with Crippen LogP contribution < -0.4 is 11.1 Å². The molecule has 7 heteroatoms. The second-order valence-corrected chi connectivity index (χ2v) is 6.49. The third-order valence-corrected chi connectivity index (χ3v) is 4.73. The average Bonchev–Trinajstić information content (AvgIpc) is 2.95. The lowest BCUT2D eigenvalue weighted by Gasteiger charge is -2.32. The van der Waals surface area contributed by atoms with E-state index in [1.54, 1.807) is 4.90 Å². The number of piperidine rings is 1. The predicted molar refractivity (Wildman–Crippen MR) is 95.8 cm³/mol. The van der Waals surface area contributed by atoms with E-state index in [0.29, 0.717) is 26.2 Å². The summed E-state index contributed by atoms with van der Waals surface area (Å²) < 4.78 is 1.94. The number of hydrogen-bond acceptors (Lipinski definition) is 4. The average molecular weight is 343 g/mol. The molecule has 2 heterocycles. The highest BCUT2D eigenvalue weighted by Gasteiger charge is 2.28. The molecular weight excluding hydrogens is 318 g/mol. The maximum Gasteiger partial charge on any atom is 0.242 e. The summed E-state index contributed by atoms with van der Waals surface area (Å²) >= 11 is 0. The SMILES string of the molecule is Cc1nc2ccccc2n1CC(=O)N1CCCC(C(=O)NCCN)C1. The van der Waals surface area contributed by atoms with Crippen LogP contribution in [0.15, 0.2) is 24.3 Å². The minimum atomic E-state index is -0.148. The Morgan fingerprint density at radius 3 is 2.96 bits per heavy atom. The van der Waals surface area contributed by atoms with Crippen LogP contribution in [0, 0.1) is 12.8 Å². The summed E-state index contributed by atoms with van der Waals surface area (Å²) in [6.45, 7) is 4.24. The molecule has 2 aromatic rings. The molecule has 1 unspecified atom stereocenters. The molecule has 0 aliphatic carbocycles. The highest BCUT2D eigenvalue weighted by atomic mass is 16.2.